The van der Waals surface area contributed by atoms with Gasteiger partial charge in [0.15, 0.2) is 11.6 Å². The van der Waals surface area contributed by atoms with Crippen molar-refractivity contribution in [3.63, 3.8) is 0 Å². The molecule has 0 fully saturated rings. The van der Waals surface area contributed by atoms with E-state index in [1.54, 1.807) is 14.2 Å². The van der Waals surface area contributed by atoms with Gasteiger partial charge < -0.3 is 15.4 Å². The first-order valence-electron chi connectivity index (χ1n) is 8.66. The molecule has 7 nitrogen and oxygen atoms in total. The van der Waals surface area contributed by atoms with Crippen LogP contribution in [0.15, 0.2) is 53.7 Å². The molecule has 8 heteroatoms. The van der Waals surface area contributed by atoms with E-state index < -0.39 is 0 Å². The first-order valence-corrected chi connectivity index (χ1v) is 8.66. The number of fused-ring (bicyclic) bond motifs is 1. The highest BCUT2D eigenvalue weighted by Gasteiger charge is 2.04. The van der Waals surface area contributed by atoms with Crippen molar-refractivity contribution in [3.05, 3.63) is 60.0 Å². The van der Waals surface area contributed by atoms with E-state index in [1.807, 2.05) is 47.0 Å². The van der Waals surface area contributed by atoms with Crippen LogP contribution in [-0.2, 0) is 13.0 Å². The van der Waals surface area contributed by atoms with Crippen molar-refractivity contribution < 1.29 is 4.74 Å². The van der Waals surface area contributed by atoms with E-state index in [2.05, 4.69) is 31.9 Å². The van der Waals surface area contributed by atoms with Gasteiger partial charge in [0.25, 0.3) is 0 Å². The zero-order valence-electron chi connectivity index (χ0n) is 15.6. The fraction of sp³-hybridized carbons (Fsp3) is 0.316. The first-order chi connectivity index (χ1) is 12.8. The maximum Gasteiger partial charge on any atom is 0.191 e. The second kappa shape index (κ2) is 10.7. The van der Waals surface area contributed by atoms with Gasteiger partial charge in [-0.25, -0.2) is 0 Å². The highest BCUT2D eigenvalue weighted by atomic mass is 127. The Morgan fingerprint density at radius 1 is 1.15 bits per heavy atom. The van der Waals surface area contributed by atoms with E-state index in [-0.39, 0.29) is 24.0 Å². The number of methoxy groups -OCH3 is 1. The first kappa shape index (κ1) is 20.9. The van der Waals surface area contributed by atoms with Crippen LogP contribution in [0.3, 0.4) is 0 Å². The molecule has 0 saturated carbocycles. The van der Waals surface area contributed by atoms with Crippen LogP contribution >= 0.6 is 24.0 Å². The molecule has 0 aliphatic rings. The van der Waals surface area contributed by atoms with Gasteiger partial charge in [-0.1, -0.05) is 18.2 Å². The standard InChI is InChI=1S/C19H24N6O.HI/c1-20-19(22-14-15-7-5-8-16(13-15)26-2)21-11-6-10-18-24-23-17-9-3-4-12-25(17)18;/h3-5,7-9,12-13H,6,10-11,14H2,1-2H3,(H2,20,21,22);1H. The van der Waals surface area contributed by atoms with Crippen molar-refractivity contribution in [2.45, 2.75) is 19.4 Å². The summed E-state index contributed by atoms with van der Waals surface area (Å²) in [7, 11) is 3.44. The molecule has 0 unspecified atom stereocenters. The molecule has 0 bridgehead atoms. The second-order valence-electron chi connectivity index (χ2n) is 5.85. The SMILES string of the molecule is CN=C(NCCCc1nnc2ccccn12)NCc1cccc(OC)c1.I. The average molecular weight is 480 g/mol. The molecule has 0 amide bonds. The van der Waals surface area contributed by atoms with E-state index in [0.717, 1.165) is 48.1 Å². The molecular weight excluding hydrogens is 455 g/mol. The number of halogens is 1. The number of aromatic nitrogens is 3. The third kappa shape index (κ3) is 5.81. The van der Waals surface area contributed by atoms with Crippen molar-refractivity contribution in [1.29, 1.82) is 0 Å². The van der Waals surface area contributed by atoms with Crippen LogP contribution in [-0.4, -0.2) is 41.3 Å². The van der Waals surface area contributed by atoms with Crippen molar-refractivity contribution in [2.75, 3.05) is 20.7 Å². The molecule has 3 rings (SSSR count). The summed E-state index contributed by atoms with van der Waals surface area (Å²) in [5, 5.41) is 15.1. The Hall–Kier alpha value is -2.36. The third-order valence-electron chi connectivity index (χ3n) is 4.07. The van der Waals surface area contributed by atoms with Gasteiger partial charge in [-0.05, 0) is 36.2 Å². The fourth-order valence-corrected chi connectivity index (χ4v) is 2.70. The fourth-order valence-electron chi connectivity index (χ4n) is 2.70. The molecule has 27 heavy (non-hydrogen) atoms. The molecule has 3 aromatic rings. The summed E-state index contributed by atoms with van der Waals surface area (Å²) in [5.41, 5.74) is 2.02. The quantitative estimate of drug-likeness (QED) is 0.236. The highest BCUT2D eigenvalue weighted by Crippen LogP contribution is 2.12. The smallest absolute Gasteiger partial charge is 0.191 e. The molecule has 0 radical (unpaired) electrons. The van der Waals surface area contributed by atoms with E-state index in [9.17, 15) is 0 Å². The summed E-state index contributed by atoms with van der Waals surface area (Å²) in [6, 6.07) is 13.9. The lowest BCUT2D eigenvalue weighted by Gasteiger charge is -2.12. The number of ether oxygens (including phenoxy) is 1. The van der Waals surface area contributed by atoms with Crippen molar-refractivity contribution in [1.82, 2.24) is 25.2 Å². The average Bonchev–Trinajstić information content (AvgIpc) is 3.11. The van der Waals surface area contributed by atoms with Crippen molar-refractivity contribution >= 4 is 35.6 Å². The van der Waals surface area contributed by atoms with E-state index in [1.165, 1.54) is 0 Å². The summed E-state index contributed by atoms with van der Waals surface area (Å²) in [5.74, 6) is 2.61. The summed E-state index contributed by atoms with van der Waals surface area (Å²) >= 11 is 0. The Morgan fingerprint density at radius 3 is 2.85 bits per heavy atom. The van der Waals surface area contributed by atoms with Gasteiger partial charge in [0.2, 0.25) is 0 Å². The van der Waals surface area contributed by atoms with Crippen LogP contribution in [0.25, 0.3) is 5.65 Å². The summed E-state index contributed by atoms with van der Waals surface area (Å²) in [6.45, 7) is 1.49. The maximum absolute atomic E-state index is 5.25. The number of hydrogen-bond acceptors (Lipinski definition) is 4. The number of aryl methyl sites for hydroxylation is 1. The topological polar surface area (TPSA) is 75.8 Å². The predicted octanol–water partition coefficient (Wildman–Crippen LogP) is 2.65. The lowest BCUT2D eigenvalue weighted by Crippen LogP contribution is -2.37. The molecule has 2 heterocycles. The second-order valence-corrected chi connectivity index (χ2v) is 5.85. The number of rotatable bonds is 7. The zero-order chi connectivity index (χ0) is 18.2. The highest BCUT2D eigenvalue weighted by molar-refractivity contribution is 14.0. The van der Waals surface area contributed by atoms with Crippen LogP contribution in [0.1, 0.15) is 17.8 Å². The minimum absolute atomic E-state index is 0. The number of guanidine groups is 1. The van der Waals surface area contributed by atoms with Crippen LogP contribution in [0, 0.1) is 0 Å². The van der Waals surface area contributed by atoms with Crippen LogP contribution < -0.4 is 15.4 Å². The molecule has 2 N–H and O–H groups in total. The Morgan fingerprint density at radius 2 is 2.04 bits per heavy atom. The molecule has 1 aromatic carbocycles. The number of nitrogens with one attached hydrogen (secondary N) is 2. The van der Waals surface area contributed by atoms with Crippen molar-refractivity contribution in [3.8, 4) is 5.75 Å². The number of pyridine rings is 1. The van der Waals surface area contributed by atoms with Crippen LogP contribution in [0.2, 0.25) is 0 Å². The van der Waals surface area contributed by atoms with Gasteiger partial charge in [0.1, 0.15) is 11.6 Å². The van der Waals surface area contributed by atoms with Gasteiger partial charge in [0, 0.05) is 32.8 Å². The summed E-state index contributed by atoms with van der Waals surface area (Å²) < 4.78 is 7.27. The molecule has 144 valence electrons. The number of hydrogen-bond donors (Lipinski definition) is 2. The van der Waals surface area contributed by atoms with E-state index in [0.29, 0.717) is 6.54 Å². The maximum atomic E-state index is 5.25. The number of benzene rings is 1. The van der Waals surface area contributed by atoms with Gasteiger partial charge in [-0.3, -0.25) is 9.39 Å². The molecule has 0 aliphatic carbocycles. The van der Waals surface area contributed by atoms with E-state index >= 15 is 0 Å². The lowest BCUT2D eigenvalue weighted by molar-refractivity contribution is 0.414. The van der Waals surface area contributed by atoms with Gasteiger partial charge in [-0.15, -0.1) is 34.2 Å². The predicted molar refractivity (Wildman–Crippen MR) is 118 cm³/mol. The van der Waals surface area contributed by atoms with Crippen LogP contribution in [0.4, 0.5) is 0 Å². The minimum atomic E-state index is 0. The van der Waals surface area contributed by atoms with Crippen molar-refractivity contribution in [2.24, 2.45) is 4.99 Å². The molecule has 0 spiro atoms. The monoisotopic (exact) mass is 480 g/mol. The summed E-state index contributed by atoms with van der Waals surface area (Å²) in [4.78, 5) is 4.26. The Labute approximate surface area is 176 Å². The Kier molecular flexibility index (Phi) is 8.31. The Bertz CT molecular complexity index is 879. The lowest BCUT2D eigenvalue weighted by atomic mass is 10.2. The van der Waals surface area contributed by atoms with Crippen LogP contribution in [0.5, 0.6) is 5.75 Å². The minimum Gasteiger partial charge on any atom is -0.497 e. The normalized spacial score (nSPS) is 11.1. The molecular formula is C19H25IN6O. The zero-order valence-corrected chi connectivity index (χ0v) is 17.9. The summed E-state index contributed by atoms with van der Waals surface area (Å²) in [6.07, 6.45) is 3.79. The molecule has 0 saturated heterocycles. The Balaban J connectivity index is 0.00000261. The third-order valence-corrected chi connectivity index (χ3v) is 4.07. The van der Waals surface area contributed by atoms with Gasteiger partial charge >= 0.3 is 0 Å². The largest absolute Gasteiger partial charge is 0.497 e. The molecule has 0 atom stereocenters. The molecule has 0 aliphatic heterocycles. The number of aliphatic imine (C=N–C) groups is 1. The molecule has 2 aromatic heterocycles. The van der Waals surface area contributed by atoms with Gasteiger partial charge in [0.05, 0.1) is 7.11 Å². The van der Waals surface area contributed by atoms with E-state index in [4.69, 9.17) is 4.74 Å². The number of nitrogens with zero attached hydrogens (tertiary/aromatic N) is 4. The van der Waals surface area contributed by atoms with Gasteiger partial charge in [-0.2, -0.15) is 0 Å².